The van der Waals surface area contributed by atoms with Gasteiger partial charge in [0.25, 0.3) is 0 Å². The lowest BCUT2D eigenvalue weighted by atomic mass is 10.2. The quantitative estimate of drug-likeness (QED) is 0.563. The van der Waals surface area contributed by atoms with Crippen molar-refractivity contribution in [3.63, 3.8) is 0 Å². The van der Waals surface area contributed by atoms with Gasteiger partial charge in [-0.05, 0) is 43.7 Å². The van der Waals surface area contributed by atoms with Crippen LogP contribution in [0.25, 0.3) is 11.5 Å². The Morgan fingerprint density at radius 2 is 1.71 bits per heavy atom. The number of hydrogen-bond acceptors (Lipinski definition) is 6. The maximum Gasteiger partial charge on any atom is 0.226 e. The fraction of sp³-hybridized carbons (Fsp3) is 0.318. The van der Waals surface area contributed by atoms with Crippen LogP contribution < -0.4 is 19.1 Å². The number of aromatic nitrogens is 1. The topological polar surface area (TPSA) is 57.0 Å². The van der Waals surface area contributed by atoms with E-state index in [1.165, 1.54) is 11.3 Å². The van der Waals surface area contributed by atoms with E-state index >= 15 is 0 Å². The summed E-state index contributed by atoms with van der Waals surface area (Å²) in [6.07, 6.45) is 1.69. The van der Waals surface area contributed by atoms with Crippen molar-refractivity contribution in [2.45, 2.75) is 20.4 Å². The van der Waals surface area contributed by atoms with Crippen LogP contribution in [0.1, 0.15) is 18.2 Å². The van der Waals surface area contributed by atoms with Crippen molar-refractivity contribution in [2.75, 3.05) is 32.8 Å². The predicted molar refractivity (Wildman–Crippen MR) is 109 cm³/mol. The molecule has 0 atom stereocenters. The molecule has 0 aliphatic rings. The predicted octanol–water partition coefficient (Wildman–Crippen LogP) is 4.70. The number of oxazole rings is 1. The van der Waals surface area contributed by atoms with Crippen LogP contribution >= 0.6 is 0 Å². The van der Waals surface area contributed by atoms with Crippen molar-refractivity contribution in [3.8, 4) is 28.7 Å². The number of aryl methyl sites for hydroxylation is 1. The second-order valence-electron chi connectivity index (χ2n) is 6.41. The Hall–Kier alpha value is -3.15. The first kappa shape index (κ1) is 19.6. The summed E-state index contributed by atoms with van der Waals surface area (Å²) < 4.78 is 21.9. The largest absolute Gasteiger partial charge is 0.493 e. The minimum absolute atomic E-state index is 0.509. The highest BCUT2D eigenvalue weighted by atomic mass is 16.5. The van der Waals surface area contributed by atoms with Crippen molar-refractivity contribution in [1.82, 2.24) is 4.98 Å². The average Bonchev–Trinajstić information content (AvgIpc) is 3.19. The molecule has 0 N–H and O–H groups in total. The van der Waals surface area contributed by atoms with Gasteiger partial charge in [-0.2, -0.15) is 0 Å². The standard InChI is InChI=1S/C22H26N2O4/c1-6-24(18-9-7-8-15(2)10-18)13-17-14-28-22(23-17)16-11-19(25-3)21(27-5)20(12-16)26-4/h7-12,14H,6,13H2,1-5H3. The fourth-order valence-electron chi connectivity index (χ4n) is 3.12. The van der Waals surface area contributed by atoms with E-state index in [0.717, 1.165) is 17.8 Å². The van der Waals surface area contributed by atoms with Gasteiger partial charge in [-0.1, -0.05) is 12.1 Å². The molecule has 0 radical (unpaired) electrons. The second kappa shape index (κ2) is 8.69. The third-order valence-corrected chi connectivity index (χ3v) is 4.56. The van der Waals surface area contributed by atoms with Crippen molar-refractivity contribution in [2.24, 2.45) is 0 Å². The molecule has 0 aliphatic heterocycles. The van der Waals surface area contributed by atoms with Crippen molar-refractivity contribution >= 4 is 5.69 Å². The summed E-state index contributed by atoms with van der Waals surface area (Å²) in [5, 5.41) is 0. The summed E-state index contributed by atoms with van der Waals surface area (Å²) in [6, 6.07) is 12.1. The molecule has 0 aliphatic carbocycles. The van der Waals surface area contributed by atoms with Gasteiger partial charge in [0.05, 0.1) is 33.6 Å². The number of nitrogens with zero attached hydrogens (tertiary/aromatic N) is 2. The highest BCUT2D eigenvalue weighted by Gasteiger charge is 2.17. The summed E-state index contributed by atoms with van der Waals surface area (Å²) in [6.45, 7) is 5.75. The van der Waals surface area contributed by atoms with Crippen LogP contribution in [0.2, 0.25) is 0 Å². The van der Waals surface area contributed by atoms with Crippen LogP contribution in [0.3, 0.4) is 0 Å². The molecule has 1 heterocycles. The Morgan fingerprint density at radius 3 is 2.29 bits per heavy atom. The molecule has 6 nitrogen and oxygen atoms in total. The minimum Gasteiger partial charge on any atom is -0.493 e. The number of ether oxygens (including phenoxy) is 3. The molecule has 28 heavy (non-hydrogen) atoms. The summed E-state index contributed by atoms with van der Waals surface area (Å²) in [4.78, 5) is 6.92. The van der Waals surface area contributed by atoms with Crippen LogP contribution in [0.15, 0.2) is 47.1 Å². The Morgan fingerprint density at radius 1 is 1.00 bits per heavy atom. The van der Waals surface area contributed by atoms with E-state index in [-0.39, 0.29) is 0 Å². The molecule has 0 amide bonds. The zero-order valence-electron chi connectivity index (χ0n) is 17.0. The van der Waals surface area contributed by atoms with Crippen LogP contribution in [0.4, 0.5) is 5.69 Å². The van der Waals surface area contributed by atoms with E-state index in [0.29, 0.717) is 29.7 Å². The van der Waals surface area contributed by atoms with Crippen LogP contribution in [-0.4, -0.2) is 32.9 Å². The molecule has 0 saturated carbocycles. The molecule has 3 aromatic rings. The van der Waals surface area contributed by atoms with Gasteiger partial charge < -0.3 is 23.5 Å². The zero-order chi connectivity index (χ0) is 20.1. The molecule has 6 heteroatoms. The summed E-state index contributed by atoms with van der Waals surface area (Å²) in [5.74, 6) is 2.17. The van der Waals surface area contributed by atoms with Crippen molar-refractivity contribution < 1.29 is 18.6 Å². The van der Waals surface area contributed by atoms with Gasteiger partial charge in [-0.3, -0.25) is 0 Å². The summed E-state index contributed by atoms with van der Waals surface area (Å²) in [7, 11) is 4.75. The first-order chi connectivity index (χ1) is 13.6. The number of rotatable bonds is 8. The van der Waals surface area contributed by atoms with E-state index in [2.05, 4.69) is 48.0 Å². The van der Waals surface area contributed by atoms with Gasteiger partial charge in [0, 0.05) is 17.8 Å². The van der Waals surface area contributed by atoms with Crippen LogP contribution in [0.5, 0.6) is 17.2 Å². The lowest BCUT2D eigenvalue weighted by Crippen LogP contribution is -2.22. The molecular weight excluding hydrogens is 356 g/mol. The van der Waals surface area contributed by atoms with Crippen LogP contribution in [-0.2, 0) is 6.54 Å². The molecule has 3 rings (SSSR count). The third-order valence-electron chi connectivity index (χ3n) is 4.56. The van der Waals surface area contributed by atoms with Crippen molar-refractivity contribution in [1.29, 1.82) is 0 Å². The monoisotopic (exact) mass is 382 g/mol. The van der Waals surface area contributed by atoms with E-state index < -0.39 is 0 Å². The van der Waals surface area contributed by atoms with E-state index in [1.54, 1.807) is 27.6 Å². The lowest BCUT2D eigenvalue weighted by molar-refractivity contribution is 0.324. The SMILES string of the molecule is CCN(Cc1coc(-c2cc(OC)c(OC)c(OC)c2)n1)c1cccc(C)c1. The first-order valence-electron chi connectivity index (χ1n) is 9.16. The molecule has 2 aromatic carbocycles. The highest BCUT2D eigenvalue weighted by molar-refractivity contribution is 5.66. The number of hydrogen-bond donors (Lipinski definition) is 0. The summed E-state index contributed by atoms with van der Waals surface area (Å²) in [5.41, 5.74) is 4.01. The number of anilines is 1. The molecule has 0 saturated heterocycles. The molecule has 0 fully saturated rings. The summed E-state index contributed by atoms with van der Waals surface area (Å²) >= 11 is 0. The van der Waals surface area contributed by atoms with Gasteiger partial charge in [0.15, 0.2) is 11.5 Å². The molecular formula is C22H26N2O4. The molecule has 1 aromatic heterocycles. The van der Waals surface area contributed by atoms with Gasteiger partial charge in [0.1, 0.15) is 6.26 Å². The number of benzene rings is 2. The van der Waals surface area contributed by atoms with E-state index in [9.17, 15) is 0 Å². The highest BCUT2D eigenvalue weighted by Crippen LogP contribution is 2.41. The molecule has 0 unspecified atom stereocenters. The second-order valence-corrected chi connectivity index (χ2v) is 6.41. The van der Waals surface area contributed by atoms with Crippen molar-refractivity contribution in [3.05, 3.63) is 53.9 Å². The smallest absolute Gasteiger partial charge is 0.226 e. The van der Waals surface area contributed by atoms with Gasteiger partial charge in [-0.15, -0.1) is 0 Å². The van der Waals surface area contributed by atoms with Crippen LogP contribution in [0, 0.1) is 6.92 Å². The molecule has 0 spiro atoms. The number of methoxy groups -OCH3 is 3. The molecule has 0 bridgehead atoms. The Labute approximate surface area is 165 Å². The maximum absolute atomic E-state index is 5.74. The third kappa shape index (κ3) is 4.06. The normalized spacial score (nSPS) is 10.6. The minimum atomic E-state index is 0.509. The maximum atomic E-state index is 5.74. The van der Waals surface area contributed by atoms with E-state index in [1.807, 2.05) is 12.1 Å². The van der Waals surface area contributed by atoms with E-state index in [4.69, 9.17) is 18.6 Å². The molecule has 148 valence electrons. The lowest BCUT2D eigenvalue weighted by Gasteiger charge is -2.22. The zero-order valence-corrected chi connectivity index (χ0v) is 17.0. The van der Waals surface area contributed by atoms with Gasteiger partial charge in [-0.25, -0.2) is 4.98 Å². The fourth-order valence-corrected chi connectivity index (χ4v) is 3.12. The average molecular weight is 382 g/mol. The Bertz CT molecular complexity index is 911. The van der Waals surface area contributed by atoms with Gasteiger partial charge >= 0.3 is 0 Å². The van der Waals surface area contributed by atoms with Gasteiger partial charge in [0.2, 0.25) is 11.6 Å². The Balaban J connectivity index is 1.87. The first-order valence-corrected chi connectivity index (χ1v) is 9.16. The Kier molecular flexibility index (Phi) is 6.09.